The normalized spacial score (nSPS) is 11.5. The average molecular weight is 669 g/mol. The highest BCUT2D eigenvalue weighted by Crippen LogP contribution is 2.36. The number of ether oxygens (including phenoxy) is 3. The summed E-state index contributed by atoms with van der Waals surface area (Å²) in [6.07, 6.45) is 0. The Hall–Kier alpha value is -4.69. The first kappa shape index (κ1) is 34.2. The Morgan fingerprint density at radius 1 is 0.978 bits per heavy atom. The zero-order valence-corrected chi connectivity index (χ0v) is 26.2. The van der Waals surface area contributed by atoms with Gasteiger partial charge in [-0.25, -0.2) is 4.39 Å². The van der Waals surface area contributed by atoms with Crippen molar-refractivity contribution in [2.24, 2.45) is 0 Å². The number of benzene rings is 4. The van der Waals surface area contributed by atoms with E-state index in [4.69, 9.17) is 14.2 Å². The predicted molar refractivity (Wildman–Crippen MR) is 173 cm³/mol. The fraction of sp³-hybridized carbons (Fsp3) is 0.219. The third-order valence-electron chi connectivity index (χ3n) is 6.89. The summed E-state index contributed by atoms with van der Waals surface area (Å²) >= 11 is 1.09. The number of aliphatic hydroxyl groups is 1. The van der Waals surface area contributed by atoms with Crippen molar-refractivity contribution in [2.75, 3.05) is 13.2 Å². The SMILES string of the molecule is CCOC(=O)[C@@H](CO)NCc1cc([N+](=O)[O-])c(OCc2cccc(-c3ccccc3)c2F)cc1OCc1ccc2nsnc2c1.Cl. The summed E-state index contributed by atoms with van der Waals surface area (Å²) < 4.78 is 40.9. The molecule has 240 valence electrons. The fourth-order valence-electron chi connectivity index (χ4n) is 4.59. The van der Waals surface area contributed by atoms with Gasteiger partial charge in [0, 0.05) is 35.4 Å². The molecule has 5 aromatic rings. The highest BCUT2D eigenvalue weighted by Gasteiger charge is 2.24. The Labute approximate surface area is 273 Å². The summed E-state index contributed by atoms with van der Waals surface area (Å²) in [6.45, 7) is 0.927. The zero-order chi connectivity index (χ0) is 31.8. The lowest BCUT2D eigenvalue weighted by Gasteiger charge is -2.18. The maximum absolute atomic E-state index is 15.5. The number of hydrogen-bond acceptors (Lipinski definition) is 11. The van der Waals surface area contributed by atoms with E-state index in [1.54, 1.807) is 49.4 Å². The monoisotopic (exact) mass is 668 g/mol. The molecule has 0 saturated heterocycles. The number of carbonyl (C=O) groups is 1. The smallest absolute Gasteiger partial charge is 0.325 e. The van der Waals surface area contributed by atoms with Crippen molar-refractivity contribution < 1.29 is 33.4 Å². The number of fused-ring (bicyclic) bond motifs is 1. The van der Waals surface area contributed by atoms with Gasteiger partial charge >= 0.3 is 11.7 Å². The van der Waals surface area contributed by atoms with E-state index in [1.807, 2.05) is 24.3 Å². The third kappa shape index (κ3) is 8.12. The quantitative estimate of drug-likeness (QED) is 0.0821. The first-order valence-corrected chi connectivity index (χ1v) is 14.7. The predicted octanol–water partition coefficient (Wildman–Crippen LogP) is 6.00. The van der Waals surface area contributed by atoms with Gasteiger partial charge in [0.1, 0.15) is 41.9 Å². The molecule has 14 heteroatoms. The number of nitro benzene ring substituents is 1. The second kappa shape index (κ2) is 16.0. The third-order valence-corrected chi connectivity index (χ3v) is 7.45. The van der Waals surface area contributed by atoms with Crippen LogP contribution in [0.4, 0.5) is 10.1 Å². The lowest BCUT2D eigenvalue weighted by molar-refractivity contribution is -0.386. The molecule has 0 spiro atoms. The van der Waals surface area contributed by atoms with Crippen molar-refractivity contribution in [3.63, 3.8) is 0 Å². The maximum atomic E-state index is 15.5. The average Bonchev–Trinajstić information content (AvgIpc) is 3.52. The van der Waals surface area contributed by atoms with Gasteiger partial charge in [-0.3, -0.25) is 20.2 Å². The number of halogens is 2. The van der Waals surface area contributed by atoms with Gasteiger partial charge in [-0.2, -0.15) is 8.75 Å². The number of esters is 1. The van der Waals surface area contributed by atoms with Crippen LogP contribution < -0.4 is 14.8 Å². The summed E-state index contributed by atoms with van der Waals surface area (Å²) in [6, 6.07) is 21.0. The van der Waals surface area contributed by atoms with E-state index >= 15 is 4.39 Å². The number of nitrogens with one attached hydrogen (secondary N) is 1. The van der Waals surface area contributed by atoms with Crippen LogP contribution in [0.5, 0.6) is 11.5 Å². The number of rotatable bonds is 14. The molecule has 1 heterocycles. The van der Waals surface area contributed by atoms with Crippen LogP contribution in [-0.2, 0) is 29.3 Å². The van der Waals surface area contributed by atoms with Crippen molar-refractivity contribution in [1.29, 1.82) is 0 Å². The van der Waals surface area contributed by atoms with Crippen molar-refractivity contribution >= 4 is 46.8 Å². The van der Waals surface area contributed by atoms with Gasteiger partial charge in [0.05, 0.1) is 29.9 Å². The summed E-state index contributed by atoms with van der Waals surface area (Å²) in [5.74, 6) is -1.07. The van der Waals surface area contributed by atoms with E-state index < -0.39 is 29.4 Å². The first-order chi connectivity index (χ1) is 21.9. The van der Waals surface area contributed by atoms with Crippen LogP contribution in [0.25, 0.3) is 22.2 Å². The minimum atomic E-state index is -1.06. The number of nitro groups is 1. The molecule has 5 rings (SSSR count). The Kier molecular flexibility index (Phi) is 11.9. The highest BCUT2D eigenvalue weighted by atomic mass is 35.5. The summed E-state index contributed by atoms with van der Waals surface area (Å²) in [4.78, 5) is 23.7. The summed E-state index contributed by atoms with van der Waals surface area (Å²) in [7, 11) is 0. The minimum absolute atomic E-state index is 0. The molecule has 0 aliphatic carbocycles. The lowest BCUT2D eigenvalue weighted by atomic mass is 10.0. The molecule has 0 unspecified atom stereocenters. The molecule has 0 radical (unpaired) electrons. The van der Waals surface area contributed by atoms with Gasteiger partial charge < -0.3 is 19.3 Å². The molecule has 46 heavy (non-hydrogen) atoms. The molecule has 0 fully saturated rings. The molecule has 0 amide bonds. The van der Waals surface area contributed by atoms with Crippen molar-refractivity contribution in [1.82, 2.24) is 14.1 Å². The van der Waals surface area contributed by atoms with Crippen LogP contribution >= 0.6 is 24.1 Å². The maximum Gasteiger partial charge on any atom is 0.325 e. The Morgan fingerprint density at radius 2 is 1.74 bits per heavy atom. The van der Waals surface area contributed by atoms with Gasteiger partial charge in [0.2, 0.25) is 5.75 Å². The van der Waals surface area contributed by atoms with Crippen molar-refractivity contribution in [2.45, 2.75) is 32.7 Å². The van der Waals surface area contributed by atoms with Gasteiger partial charge in [-0.1, -0.05) is 54.6 Å². The molecular weight excluding hydrogens is 639 g/mol. The highest BCUT2D eigenvalue weighted by molar-refractivity contribution is 7.00. The van der Waals surface area contributed by atoms with Gasteiger partial charge in [-0.05, 0) is 30.2 Å². The number of aromatic nitrogens is 2. The van der Waals surface area contributed by atoms with Crippen molar-refractivity contribution in [3.8, 4) is 22.6 Å². The van der Waals surface area contributed by atoms with Gasteiger partial charge in [0.25, 0.3) is 0 Å². The van der Waals surface area contributed by atoms with Gasteiger partial charge in [0.15, 0.2) is 0 Å². The fourth-order valence-corrected chi connectivity index (χ4v) is 5.11. The molecular formula is C32H30ClFN4O7S. The minimum Gasteiger partial charge on any atom is -0.488 e. The van der Waals surface area contributed by atoms with Crippen molar-refractivity contribution in [3.05, 3.63) is 111 Å². The lowest BCUT2D eigenvalue weighted by Crippen LogP contribution is -2.40. The van der Waals surface area contributed by atoms with Crippen LogP contribution in [0.1, 0.15) is 23.6 Å². The van der Waals surface area contributed by atoms with E-state index in [9.17, 15) is 20.0 Å². The zero-order valence-electron chi connectivity index (χ0n) is 24.6. The molecule has 4 aromatic carbocycles. The van der Waals surface area contributed by atoms with E-state index in [1.165, 1.54) is 12.1 Å². The molecule has 1 aromatic heterocycles. The van der Waals surface area contributed by atoms with Crippen LogP contribution in [-0.4, -0.2) is 44.0 Å². The van der Waals surface area contributed by atoms with Crippen LogP contribution in [0, 0.1) is 15.9 Å². The van der Waals surface area contributed by atoms with E-state index in [2.05, 4.69) is 14.1 Å². The molecule has 0 aliphatic rings. The number of nitrogens with zero attached hydrogens (tertiary/aromatic N) is 3. The second-order valence-corrected chi connectivity index (χ2v) is 10.4. The van der Waals surface area contributed by atoms with Crippen LogP contribution in [0.3, 0.4) is 0 Å². The summed E-state index contributed by atoms with van der Waals surface area (Å²) in [5.41, 5.74) is 3.44. The Morgan fingerprint density at radius 3 is 2.48 bits per heavy atom. The van der Waals surface area contributed by atoms with Gasteiger partial charge in [-0.15, -0.1) is 12.4 Å². The molecule has 1 atom stereocenters. The number of carbonyl (C=O) groups excluding carboxylic acids is 1. The van der Waals surface area contributed by atoms with Crippen LogP contribution in [0.15, 0.2) is 78.9 Å². The topological polar surface area (TPSA) is 146 Å². The first-order valence-electron chi connectivity index (χ1n) is 14.0. The molecule has 0 bridgehead atoms. The molecule has 0 aliphatic heterocycles. The number of hydrogen-bond donors (Lipinski definition) is 2. The Bertz CT molecular complexity index is 1810. The van der Waals surface area contributed by atoms with E-state index in [-0.39, 0.29) is 61.5 Å². The summed E-state index contributed by atoms with van der Waals surface area (Å²) in [5, 5.41) is 24.7. The molecule has 0 saturated carbocycles. The largest absolute Gasteiger partial charge is 0.488 e. The number of aliphatic hydroxyl groups excluding tert-OH is 1. The molecule has 11 nitrogen and oxygen atoms in total. The van der Waals surface area contributed by atoms with Crippen LogP contribution in [0.2, 0.25) is 0 Å². The second-order valence-electron chi connectivity index (χ2n) is 9.86. The van der Waals surface area contributed by atoms with E-state index in [0.29, 0.717) is 22.2 Å². The molecule has 2 N–H and O–H groups in total. The standard InChI is InChI=1S/C32H29FN4O7S.ClH/c1-2-42-32(39)27(17-38)34-16-23-14-28(37(40)41)30(15-29(23)43-18-20-11-12-25-26(13-20)36-45-35-25)44-19-22-9-6-10-24(31(22)33)21-7-4-3-5-8-21;/h3-15,27,34,38H,2,16-19H2,1H3;1H/t27-;/m1./s1. The Balaban J connectivity index is 0.00000480. The van der Waals surface area contributed by atoms with E-state index in [0.717, 1.165) is 22.8 Å².